The average Bonchev–Trinajstić information content (AvgIpc) is 3.15. The average molecular weight is 922 g/mol. The van der Waals surface area contributed by atoms with E-state index in [-0.39, 0.29) is 49.8 Å². The predicted molar refractivity (Wildman–Crippen MR) is 263 cm³/mol. The van der Waals surface area contributed by atoms with Crippen LogP contribution in [-0.4, -0.2) is 170 Å². The molecule has 0 aliphatic rings. The van der Waals surface area contributed by atoms with Crippen molar-refractivity contribution in [3.8, 4) is 0 Å². The van der Waals surface area contributed by atoms with Crippen molar-refractivity contribution in [3.63, 3.8) is 0 Å². The molecule has 0 spiro atoms. The molecule has 0 amide bonds. The van der Waals surface area contributed by atoms with Crippen LogP contribution in [0.1, 0.15) is 111 Å². The zero-order valence-electron chi connectivity index (χ0n) is 43.2. The Balaban J connectivity index is -0.000000169. The van der Waals surface area contributed by atoms with E-state index in [2.05, 4.69) is 62.3 Å². The number of nitrogens with two attached hydrogens (primary N) is 5. The van der Waals surface area contributed by atoms with Crippen LogP contribution >= 0.6 is 0 Å². The van der Waals surface area contributed by atoms with Gasteiger partial charge in [-0.05, 0) is 65.2 Å². The van der Waals surface area contributed by atoms with E-state index in [1.165, 1.54) is 0 Å². The summed E-state index contributed by atoms with van der Waals surface area (Å²) in [4.78, 5) is 0. The lowest BCUT2D eigenvalue weighted by Gasteiger charge is -2.30. The van der Waals surface area contributed by atoms with E-state index in [0.717, 1.165) is 33.0 Å². The third-order valence-electron chi connectivity index (χ3n) is 6.79. The highest BCUT2D eigenvalue weighted by atomic mass is 16.6. The first kappa shape index (κ1) is 73.9. The van der Waals surface area contributed by atoms with E-state index in [1.54, 1.807) is 7.11 Å². The van der Waals surface area contributed by atoms with Gasteiger partial charge in [0.15, 0.2) is 0 Å². The van der Waals surface area contributed by atoms with Crippen molar-refractivity contribution in [1.82, 2.24) is 0 Å². The van der Waals surface area contributed by atoms with Crippen LogP contribution in [0.3, 0.4) is 0 Å². The molecule has 0 aromatic rings. The van der Waals surface area contributed by atoms with Gasteiger partial charge in [-0.3, -0.25) is 0 Å². The van der Waals surface area contributed by atoms with Gasteiger partial charge in [0.05, 0.1) is 105 Å². The largest absolute Gasteiger partial charge is 0.382 e. The van der Waals surface area contributed by atoms with Gasteiger partial charge in [-0.15, -0.1) is 0 Å². The fraction of sp³-hybridized carbons (Fsp3) is 1.00. The van der Waals surface area contributed by atoms with Crippen LogP contribution in [0.2, 0.25) is 0 Å². The standard InChI is InChI=1S/C15H34N2O3.C12H27NO3.C7H17NO.C7H16O2.C5H13NO2.CH4/c1-12(2)6-18-9-15(5,10-19-7-13(3)16)11-20-8-14(4)17;1-10(2)7-14-5-6-16-12(4)9-15-8-11(3)13;1-6(2)4-9-5-7(3)8;1-7(2)6-9-5-4-8-3;1-2-7-3-4-8-5-6;/h12-14H,6-11,16-17H2,1-5H3;10-12H,5-9,13H2,1-4H3;6-7H,4-5,8H2,1-3H3;7H,4-6H2,1-3H3;2-6H2,1H3;1H4. The molecule has 5 atom stereocenters. The molecule has 5 unspecified atom stereocenters. The number of methoxy groups -OCH3 is 1. The van der Waals surface area contributed by atoms with Gasteiger partial charge in [-0.25, -0.2) is 0 Å². The maximum atomic E-state index is 5.75. The Hall–Kier alpha value is -0.640. The van der Waals surface area contributed by atoms with E-state index < -0.39 is 0 Å². The highest BCUT2D eigenvalue weighted by Crippen LogP contribution is 2.19. The molecule has 10 N–H and O–H groups in total. The molecule has 0 radical (unpaired) electrons. The Morgan fingerprint density at radius 3 is 1.08 bits per heavy atom. The zero-order chi connectivity index (χ0) is 48.6. The summed E-state index contributed by atoms with van der Waals surface area (Å²) in [7, 11) is 1.68. The Morgan fingerprint density at radius 2 is 0.714 bits per heavy atom. The van der Waals surface area contributed by atoms with Gasteiger partial charge in [-0.1, -0.05) is 69.7 Å². The van der Waals surface area contributed by atoms with Crippen molar-refractivity contribution in [3.05, 3.63) is 0 Å². The Kier molecular flexibility index (Phi) is 65.3. The summed E-state index contributed by atoms with van der Waals surface area (Å²) in [6.45, 7) is 43.7. The maximum absolute atomic E-state index is 5.75. The molecule has 16 nitrogen and oxygen atoms in total. The molecular weight excluding hydrogens is 811 g/mol. The summed E-state index contributed by atoms with van der Waals surface area (Å²) in [6.07, 6.45) is 0.0985. The summed E-state index contributed by atoms with van der Waals surface area (Å²) < 4.78 is 58.3. The zero-order valence-corrected chi connectivity index (χ0v) is 43.2. The number of rotatable bonds is 36. The molecule has 0 aromatic carbocycles. The van der Waals surface area contributed by atoms with Crippen LogP contribution in [0.5, 0.6) is 0 Å². The molecule has 0 bridgehead atoms. The molecule has 0 fully saturated rings. The van der Waals surface area contributed by atoms with Gasteiger partial charge in [0.1, 0.15) is 0 Å². The number of hydrogen-bond donors (Lipinski definition) is 5. The van der Waals surface area contributed by atoms with E-state index in [4.69, 9.17) is 80.8 Å². The van der Waals surface area contributed by atoms with Crippen LogP contribution in [-0.2, 0) is 52.1 Å². The Morgan fingerprint density at radius 1 is 0.397 bits per heavy atom. The van der Waals surface area contributed by atoms with Gasteiger partial charge in [0, 0.05) is 69.7 Å². The summed E-state index contributed by atoms with van der Waals surface area (Å²) in [5, 5.41) is 0. The first-order valence-corrected chi connectivity index (χ1v) is 23.1. The minimum absolute atomic E-state index is 0. The van der Waals surface area contributed by atoms with E-state index in [1.807, 2.05) is 41.5 Å². The SMILES string of the molecule is C.CC(C)COCC(C)(COCC(C)N)COCC(C)N.CC(C)COCC(C)N.CC(C)COCCOC(C)COCC(C)N.CCOCCOCN.COCCOCC(C)C. The second-order valence-corrected chi connectivity index (χ2v) is 18.0. The lowest BCUT2D eigenvalue weighted by atomic mass is 9.94. The van der Waals surface area contributed by atoms with Crippen molar-refractivity contribution >= 4 is 0 Å². The minimum Gasteiger partial charge on any atom is -0.382 e. The van der Waals surface area contributed by atoms with Crippen molar-refractivity contribution in [2.45, 2.75) is 142 Å². The first-order chi connectivity index (χ1) is 29.1. The van der Waals surface area contributed by atoms with E-state index >= 15 is 0 Å². The maximum Gasteiger partial charge on any atom is 0.0941 e. The summed E-state index contributed by atoms with van der Waals surface area (Å²) in [5.74, 6) is 2.34. The van der Waals surface area contributed by atoms with Crippen LogP contribution in [0.25, 0.3) is 0 Å². The third-order valence-corrected chi connectivity index (χ3v) is 6.79. The van der Waals surface area contributed by atoms with Gasteiger partial charge in [-0.2, -0.15) is 0 Å². The monoisotopic (exact) mass is 922 g/mol. The fourth-order valence-corrected chi connectivity index (χ4v) is 4.04. The molecule has 0 rings (SSSR count). The van der Waals surface area contributed by atoms with Crippen molar-refractivity contribution < 1.29 is 52.1 Å². The molecule has 0 saturated heterocycles. The van der Waals surface area contributed by atoms with E-state index in [9.17, 15) is 0 Å². The van der Waals surface area contributed by atoms with Gasteiger partial charge in [0.2, 0.25) is 0 Å². The highest BCUT2D eigenvalue weighted by Gasteiger charge is 2.26. The topological polar surface area (TPSA) is 232 Å². The van der Waals surface area contributed by atoms with Crippen molar-refractivity contribution in [1.29, 1.82) is 0 Å². The lowest BCUT2D eigenvalue weighted by molar-refractivity contribution is -0.0659. The minimum atomic E-state index is -0.168. The third kappa shape index (κ3) is 82.0. The van der Waals surface area contributed by atoms with Crippen LogP contribution in [0, 0.1) is 29.1 Å². The summed E-state index contributed by atoms with van der Waals surface area (Å²) in [5.41, 5.74) is 27.3. The molecule has 63 heavy (non-hydrogen) atoms. The molecule has 0 aromatic heterocycles. The Labute approximate surface area is 390 Å². The second-order valence-electron chi connectivity index (χ2n) is 18.0. The smallest absolute Gasteiger partial charge is 0.0941 e. The quantitative estimate of drug-likeness (QED) is 0.0373. The molecule has 0 saturated carbocycles. The molecular formula is C47H111N5O11. The summed E-state index contributed by atoms with van der Waals surface area (Å²) in [6, 6.07) is 0.340. The second kappa shape index (κ2) is 55.7. The molecule has 0 aliphatic carbocycles. The van der Waals surface area contributed by atoms with Crippen molar-refractivity contribution in [2.75, 3.05) is 139 Å². The van der Waals surface area contributed by atoms with Crippen LogP contribution in [0.4, 0.5) is 0 Å². The molecule has 16 heteroatoms. The summed E-state index contributed by atoms with van der Waals surface area (Å²) >= 11 is 0. The lowest BCUT2D eigenvalue weighted by Crippen LogP contribution is -2.37. The van der Waals surface area contributed by atoms with Crippen LogP contribution in [0.15, 0.2) is 0 Å². The van der Waals surface area contributed by atoms with Gasteiger partial charge < -0.3 is 80.8 Å². The predicted octanol–water partition coefficient (Wildman–Crippen LogP) is 5.72. The highest BCUT2D eigenvalue weighted by molar-refractivity contribution is 4.74. The Bertz CT molecular complexity index is 766. The fourth-order valence-electron chi connectivity index (χ4n) is 4.04. The molecule has 0 heterocycles. The van der Waals surface area contributed by atoms with Crippen molar-refractivity contribution in [2.24, 2.45) is 57.8 Å². The van der Waals surface area contributed by atoms with Crippen LogP contribution < -0.4 is 28.7 Å². The van der Waals surface area contributed by atoms with Gasteiger partial charge in [0.25, 0.3) is 0 Å². The van der Waals surface area contributed by atoms with Gasteiger partial charge >= 0.3 is 0 Å². The molecule has 0 aliphatic heterocycles. The normalized spacial score (nSPS) is 14.4. The van der Waals surface area contributed by atoms with E-state index in [0.29, 0.717) is 116 Å². The number of hydrogen-bond acceptors (Lipinski definition) is 16. The number of ether oxygens (including phenoxy) is 11. The molecule has 390 valence electrons. The first-order valence-electron chi connectivity index (χ1n) is 23.1.